The average Bonchev–Trinajstić information content (AvgIpc) is 2.82. The maximum atomic E-state index is 5.81. The Morgan fingerprint density at radius 1 is 1.22 bits per heavy atom. The Hall–Kier alpha value is -1.61. The topological polar surface area (TPSA) is 29.0 Å². The van der Waals surface area contributed by atoms with E-state index in [1.165, 1.54) is 11.1 Å². The van der Waals surface area contributed by atoms with Gasteiger partial charge in [-0.05, 0) is 24.0 Å². The second-order valence-electron chi connectivity index (χ2n) is 4.57. The smallest absolute Gasteiger partial charge is 0.225 e. The first-order chi connectivity index (χ1) is 8.75. The van der Waals surface area contributed by atoms with Crippen molar-refractivity contribution < 1.29 is 0 Å². The molecule has 0 fully saturated rings. The van der Waals surface area contributed by atoms with Crippen molar-refractivity contribution in [3.63, 3.8) is 0 Å². The van der Waals surface area contributed by atoms with Crippen LogP contribution in [0.25, 0.3) is 0 Å². The minimum absolute atomic E-state index is 0.363. The molecule has 1 atom stereocenters. The van der Waals surface area contributed by atoms with Gasteiger partial charge in [-0.3, -0.25) is 0 Å². The normalized spacial score (nSPS) is 17.6. The Balaban J connectivity index is 1.90. The number of fused-ring (bicyclic) bond motifs is 1. The third-order valence-corrected chi connectivity index (χ3v) is 3.69. The maximum absolute atomic E-state index is 5.81. The van der Waals surface area contributed by atoms with Crippen molar-refractivity contribution in [1.29, 1.82) is 0 Å². The molecule has 0 aliphatic heterocycles. The fraction of sp³-hybridized carbons (Fsp3) is 0.286. The van der Waals surface area contributed by atoms with Crippen molar-refractivity contribution in [2.75, 3.05) is 11.9 Å². The minimum atomic E-state index is 0.363. The fourth-order valence-corrected chi connectivity index (χ4v) is 2.66. The number of nitrogens with zero attached hydrogens (tertiary/aromatic N) is 3. The highest BCUT2D eigenvalue weighted by atomic mass is 35.5. The van der Waals surface area contributed by atoms with E-state index in [0.29, 0.717) is 11.1 Å². The lowest BCUT2D eigenvalue weighted by atomic mass is 10.1. The SMILES string of the molecule is CN(c1ncc(Cl)cn1)[C@@H]1CCc2ccccc21. The van der Waals surface area contributed by atoms with Gasteiger partial charge in [-0.15, -0.1) is 0 Å². The van der Waals surface area contributed by atoms with Crippen LogP contribution < -0.4 is 4.90 Å². The molecule has 1 aliphatic rings. The van der Waals surface area contributed by atoms with Crippen molar-refractivity contribution in [1.82, 2.24) is 9.97 Å². The summed E-state index contributed by atoms with van der Waals surface area (Å²) in [5, 5.41) is 0.568. The predicted molar refractivity (Wildman–Crippen MR) is 72.9 cm³/mol. The number of aromatic nitrogens is 2. The lowest BCUT2D eigenvalue weighted by Gasteiger charge is -2.25. The summed E-state index contributed by atoms with van der Waals surface area (Å²) in [5.74, 6) is 0.723. The molecule has 0 amide bonds. The van der Waals surface area contributed by atoms with Gasteiger partial charge in [-0.25, -0.2) is 9.97 Å². The van der Waals surface area contributed by atoms with Crippen molar-refractivity contribution >= 4 is 17.5 Å². The van der Waals surface area contributed by atoms with Crippen molar-refractivity contribution in [2.24, 2.45) is 0 Å². The quantitative estimate of drug-likeness (QED) is 0.829. The second-order valence-corrected chi connectivity index (χ2v) is 5.00. The molecule has 0 radical (unpaired) electrons. The van der Waals surface area contributed by atoms with Crippen molar-refractivity contribution in [3.8, 4) is 0 Å². The molecule has 18 heavy (non-hydrogen) atoms. The highest BCUT2D eigenvalue weighted by Crippen LogP contribution is 2.36. The van der Waals surface area contributed by atoms with Gasteiger partial charge in [0.1, 0.15) is 0 Å². The van der Waals surface area contributed by atoms with E-state index in [-0.39, 0.29) is 0 Å². The number of halogens is 1. The van der Waals surface area contributed by atoms with Crippen LogP contribution in [0.3, 0.4) is 0 Å². The molecule has 2 aromatic rings. The van der Waals surface area contributed by atoms with Crippen LogP contribution in [0.1, 0.15) is 23.6 Å². The van der Waals surface area contributed by atoms with Crippen LogP contribution in [0.2, 0.25) is 5.02 Å². The number of aryl methyl sites for hydroxylation is 1. The molecule has 0 saturated heterocycles. The summed E-state index contributed by atoms with van der Waals surface area (Å²) >= 11 is 5.81. The van der Waals surface area contributed by atoms with E-state index in [1.54, 1.807) is 12.4 Å². The van der Waals surface area contributed by atoms with Crippen LogP contribution in [-0.4, -0.2) is 17.0 Å². The molecule has 1 aliphatic carbocycles. The lowest BCUT2D eigenvalue weighted by molar-refractivity contribution is 0.647. The summed E-state index contributed by atoms with van der Waals surface area (Å²) in [6.45, 7) is 0. The van der Waals surface area contributed by atoms with E-state index >= 15 is 0 Å². The molecular formula is C14H14ClN3. The summed E-state index contributed by atoms with van der Waals surface area (Å²) in [5.41, 5.74) is 2.82. The predicted octanol–water partition coefficient (Wildman–Crippen LogP) is 3.25. The van der Waals surface area contributed by atoms with Crippen LogP contribution in [0, 0.1) is 0 Å². The van der Waals surface area contributed by atoms with Crippen molar-refractivity contribution in [3.05, 3.63) is 52.8 Å². The minimum Gasteiger partial charge on any atom is -0.337 e. The molecule has 0 unspecified atom stereocenters. The number of benzene rings is 1. The molecular weight excluding hydrogens is 246 g/mol. The molecule has 0 bridgehead atoms. The van der Waals surface area contributed by atoms with E-state index in [1.807, 2.05) is 7.05 Å². The lowest BCUT2D eigenvalue weighted by Crippen LogP contribution is -2.24. The Morgan fingerprint density at radius 2 is 1.94 bits per heavy atom. The van der Waals surface area contributed by atoms with Gasteiger partial charge in [0.25, 0.3) is 0 Å². The zero-order valence-electron chi connectivity index (χ0n) is 10.2. The van der Waals surface area contributed by atoms with E-state index in [0.717, 1.165) is 18.8 Å². The first-order valence-corrected chi connectivity index (χ1v) is 6.41. The van der Waals surface area contributed by atoms with Gasteiger partial charge in [0.15, 0.2) is 0 Å². The van der Waals surface area contributed by atoms with Crippen molar-refractivity contribution in [2.45, 2.75) is 18.9 Å². The number of hydrogen-bond acceptors (Lipinski definition) is 3. The van der Waals surface area contributed by atoms with Crippen LogP contribution in [0.5, 0.6) is 0 Å². The van der Waals surface area contributed by atoms with E-state index < -0.39 is 0 Å². The van der Waals surface area contributed by atoms with Gasteiger partial charge in [-0.2, -0.15) is 0 Å². The second kappa shape index (κ2) is 4.58. The van der Waals surface area contributed by atoms with Gasteiger partial charge in [-0.1, -0.05) is 35.9 Å². The molecule has 0 saturated carbocycles. The Bertz CT molecular complexity index is 553. The molecule has 4 heteroatoms. The zero-order chi connectivity index (χ0) is 12.5. The van der Waals surface area contributed by atoms with Gasteiger partial charge >= 0.3 is 0 Å². The van der Waals surface area contributed by atoms with Gasteiger partial charge in [0.2, 0.25) is 5.95 Å². The molecule has 1 aromatic heterocycles. The highest BCUT2D eigenvalue weighted by molar-refractivity contribution is 6.30. The van der Waals surface area contributed by atoms with Crippen LogP contribution in [-0.2, 0) is 6.42 Å². The average molecular weight is 260 g/mol. The summed E-state index contributed by atoms with van der Waals surface area (Å²) in [4.78, 5) is 10.7. The van der Waals surface area contributed by atoms with Crippen LogP contribution >= 0.6 is 11.6 Å². The Morgan fingerprint density at radius 3 is 2.72 bits per heavy atom. The standard InChI is InChI=1S/C14H14ClN3/c1-18(14-16-8-11(15)9-17-14)13-7-6-10-4-2-3-5-12(10)13/h2-5,8-9,13H,6-7H2,1H3/t13-/m1/s1. The first-order valence-electron chi connectivity index (χ1n) is 6.04. The summed E-state index contributed by atoms with van der Waals surface area (Å²) in [6, 6.07) is 8.95. The largest absolute Gasteiger partial charge is 0.337 e. The molecule has 0 spiro atoms. The van der Waals surface area contributed by atoms with E-state index in [2.05, 4.69) is 39.1 Å². The maximum Gasteiger partial charge on any atom is 0.225 e. The number of rotatable bonds is 2. The summed E-state index contributed by atoms with van der Waals surface area (Å²) in [6.07, 6.45) is 5.52. The van der Waals surface area contributed by atoms with Crippen LogP contribution in [0.4, 0.5) is 5.95 Å². The number of anilines is 1. The number of hydrogen-bond donors (Lipinski definition) is 0. The highest BCUT2D eigenvalue weighted by Gasteiger charge is 2.26. The molecule has 92 valence electrons. The monoisotopic (exact) mass is 259 g/mol. The van der Waals surface area contributed by atoms with Gasteiger partial charge < -0.3 is 4.90 Å². The van der Waals surface area contributed by atoms with Gasteiger partial charge in [0, 0.05) is 7.05 Å². The third kappa shape index (κ3) is 1.95. The van der Waals surface area contributed by atoms with Crippen LogP contribution in [0.15, 0.2) is 36.7 Å². The third-order valence-electron chi connectivity index (χ3n) is 3.49. The first kappa shape index (κ1) is 11.5. The van der Waals surface area contributed by atoms with E-state index in [4.69, 9.17) is 11.6 Å². The molecule has 3 rings (SSSR count). The molecule has 1 heterocycles. The molecule has 0 N–H and O–H groups in total. The van der Waals surface area contributed by atoms with Gasteiger partial charge in [0.05, 0.1) is 23.5 Å². The molecule has 3 nitrogen and oxygen atoms in total. The van der Waals surface area contributed by atoms with E-state index in [9.17, 15) is 0 Å². The summed E-state index contributed by atoms with van der Waals surface area (Å²) < 4.78 is 0. The fourth-order valence-electron chi connectivity index (χ4n) is 2.56. The Kier molecular flexibility index (Phi) is 2.92. The zero-order valence-corrected chi connectivity index (χ0v) is 10.9. The molecule has 1 aromatic carbocycles. The summed E-state index contributed by atoms with van der Waals surface area (Å²) in [7, 11) is 2.04. The Labute approximate surface area is 111 Å².